The van der Waals surface area contributed by atoms with Gasteiger partial charge in [0.25, 0.3) is 0 Å². The van der Waals surface area contributed by atoms with Gasteiger partial charge in [-0.3, -0.25) is 4.79 Å². The van der Waals surface area contributed by atoms with Crippen molar-refractivity contribution in [2.75, 3.05) is 13.6 Å². The van der Waals surface area contributed by atoms with Gasteiger partial charge >= 0.3 is 12.0 Å². The smallest absolute Gasteiger partial charge is 0.317 e. The molecule has 5 nitrogen and oxygen atoms in total. The highest BCUT2D eigenvalue weighted by Crippen LogP contribution is 2.03. The van der Waals surface area contributed by atoms with Gasteiger partial charge < -0.3 is 15.3 Å². The van der Waals surface area contributed by atoms with Gasteiger partial charge in [0.2, 0.25) is 0 Å². The van der Waals surface area contributed by atoms with E-state index in [0.717, 1.165) is 12.8 Å². The van der Waals surface area contributed by atoms with Gasteiger partial charge in [-0.25, -0.2) is 4.79 Å². The number of nitrogens with one attached hydrogen (secondary N) is 1. The first-order chi connectivity index (χ1) is 8.73. The zero-order valence-electron chi connectivity index (χ0n) is 12.6. The van der Waals surface area contributed by atoms with E-state index in [-0.39, 0.29) is 18.6 Å². The molecule has 0 saturated heterocycles. The maximum atomic E-state index is 11.8. The minimum absolute atomic E-state index is 0.0747. The average molecular weight is 270 g/mol. The van der Waals surface area contributed by atoms with Crippen LogP contribution in [0, 0.1) is 5.92 Å². The molecule has 2 unspecified atom stereocenters. The van der Waals surface area contributed by atoms with Crippen LogP contribution in [0.5, 0.6) is 0 Å². The number of carbonyl (C=O) groups is 2. The molecule has 0 fully saturated rings. The molecule has 0 aliphatic rings. The zero-order chi connectivity index (χ0) is 15.0. The molecule has 2 amide bonds. The Morgan fingerprint density at radius 1 is 1.32 bits per heavy atom. The van der Waals surface area contributed by atoms with Crippen molar-refractivity contribution in [1.29, 1.82) is 0 Å². The Balaban J connectivity index is 4.07. The van der Waals surface area contributed by atoms with E-state index in [1.165, 1.54) is 10.5 Å². The minimum atomic E-state index is -0.892. The highest BCUT2D eigenvalue weighted by molar-refractivity contribution is 5.75. The van der Waals surface area contributed by atoms with Gasteiger partial charge in [-0.2, -0.15) is 0 Å². The summed E-state index contributed by atoms with van der Waals surface area (Å²) in [5.41, 5.74) is 1.27. The molecule has 0 spiro atoms. The first-order valence-electron chi connectivity index (χ1n) is 6.61. The van der Waals surface area contributed by atoms with Crippen LogP contribution in [0.4, 0.5) is 4.79 Å². The summed E-state index contributed by atoms with van der Waals surface area (Å²) in [5, 5.41) is 11.7. The van der Waals surface area contributed by atoms with E-state index < -0.39 is 11.9 Å². The van der Waals surface area contributed by atoms with E-state index in [0.29, 0.717) is 0 Å². The Labute approximate surface area is 115 Å². The van der Waals surface area contributed by atoms with Gasteiger partial charge in [0.05, 0.1) is 5.92 Å². The van der Waals surface area contributed by atoms with Crippen molar-refractivity contribution in [2.45, 2.75) is 46.6 Å². The number of allylic oxidation sites excluding steroid dienone is 2. The molecular weight excluding hydrogens is 244 g/mol. The Morgan fingerprint density at radius 3 is 2.37 bits per heavy atom. The summed E-state index contributed by atoms with van der Waals surface area (Å²) in [6, 6.07) is -0.150. The van der Waals surface area contributed by atoms with Gasteiger partial charge in [-0.05, 0) is 33.6 Å². The molecule has 0 aromatic carbocycles. The van der Waals surface area contributed by atoms with Crippen LogP contribution in [-0.4, -0.2) is 41.6 Å². The molecule has 0 aromatic heterocycles. The second-order valence-electron chi connectivity index (χ2n) is 5.33. The third kappa shape index (κ3) is 8.24. The molecule has 0 rings (SSSR count). The van der Waals surface area contributed by atoms with Crippen LogP contribution in [0.25, 0.3) is 0 Å². The first kappa shape index (κ1) is 17.5. The number of carboxylic acids is 1. The predicted molar refractivity (Wildman–Crippen MR) is 76.1 cm³/mol. The van der Waals surface area contributed by atoms with Crippen molar-refractivity contribution >= 4 is 12.0 Å². The van der Waals surface area contributed by atoms with Gasteiger partial charge in [-0.1, -0.05) is 18.6 Å². The van der Waals surface area contributed by atoms with Gasteiger partial charge in [0.1, 0.15) is 0 Å². The second-order valence-corrected chi connectivity index (χ2v) is 5.33. The average Bonchev–Trinajstić information content (AvgIpc) is 2.27. The molecule has 19 heavy (non-hydrogen) atoms. The maximum absolute atomic E-state index is 11.8. The van der Waals surface area contributed by atoms with Crippen LogP contribution in [0.3, 0.4) is 0 Å². The topological polar surface area (TPSA) is 69.6 Å². The summed E-state index contributed by atoms with van der Waals surface area (Å²) in [5.74, 6) is -1.45. The van der Waals surface area contributed by atoms with Crippen molar-refractivity contribution in [3.05, 3.63) is 11.6 Å². The second kappa shape index (κ2) is 8.56. The molecule has 0 heterocycles. The molecule has 0 aliphatic heterocycles. The van der Waals surface area contributed by atoms with Gasteiger partial charge in [-0.15, -0.1) is 0 Å². The number of carbonyl (C=O) groups excluding carboxylic acids is 1. The van der Waals surface area contributed by atoms with Crippen LogP contribution in [-0.2, 0) is 4.79 Å². The third-order valence-electron chi connectivity index (χ3n) is 2.84. The molecule has 5 heteroatoms. The monoisotopic (exact) mass is 270 g/mol. The molecular formula is C14H26N2O3. The number of hydrogen-bond donors (Lipinski definition) is 2. The summed E-state index contributed by atoms with van der Waals surface area (Å²) in [7, 11) is 1.61. The van der Waals surface area contributed by atoms with E-state index in [9.17, 15) is 9.59 Å². The summed E-state index contributed by atoms with van der Waals surface area (Å²) in [4.78, 5) is 23.9. The fourth-order valence-electron chi connectivity index (χ4n) is 1.59. The van der Waals surface area contributed by atoms with Gasteiger partial charge in [0, 0.05) is 19.6 Å². The van der Waals surface area contributed by atoms with Crippen LogP contribution < -0.4 is 5.32 Å². The van der Waals surface area contributed by atoms with Crippen molar-refractivity contribution in [1.82, 2.24) is 10.2 Å². The number of nitrogens with zero attached hydrogens (tertiary/aromatic N) is 1. The predicted octanol–water partition coefficient (Wildman–Crippen LogP) is 2.48. The standard InChI is InChI=1S/C14H26N2O3/c1-10(2)7-6-8-12(4)15-14(19)16(5)9-11(3)13(17)18/h7,11-12H,6,8-9H2,1-5H3,(H,15,19)(H,17,18). The van der Waals surface area contributed by atoms with Crippen LogP contribution >= 0.6 is 0 Å². The SMILES string of the molecule is CC(C)=CCCC(C)NC(=O)N(C)CC(C)C(=O)O. The lowest BCUT2D eigenvalue weighted by Gasteiger charge is -2.22. The number of carboxylic acid groups (broad SMARTS) is 1. The lowest BCUT2D eigenvalue weighted by molar-refractivity contribution is -0.141. The fourth-order valence-corrected chi connectivity index (χ4v) is 1.59. The number of urea groups is 1. The van der Waals surface area contributed by atoms with Crippen molar-refractivity contribution < 1.29 is 14.7 Å². The van der Waals surface area contributed by atoms with Gasteiger partial charge in [0.15, 0.2) is 0 Å². The van der Waals surface area contributed by atoms with Crippen molar-refractivity contribution in [3.8, 4) is 0 Å². The molecule has 2 atom stereocenters. The fraction of sp³-hybridized carbons (Fsp3) is 0.714. The quantitative estimate of drug-likeness (QED) is 0.698. The van der Waals surface area contributed by atoms with Crippen LogP contribution in [0.2, 0.25) is 0 Å². The zero-order valence-corrected chi connectivity index (χ0v) is 12.6. The lowest BCUT2D eigenvalue weighted by atomic mass is 10.1. The largest absolute Gasteiger partial charge is 0.481 e. The molecule has 0 aliphatic carbocycles. The van der Waals surface area contributed by atoms with Crippen molar-refractivity contribution in [3.63, 3.8) is 0 Å². The highest BCUT2D eigenvalue weighted by Gasteiger charge is 2.18. The van der Waals surface area contributed by atoms with E-state index in [1.54, 1.807) is 14.0 Å². The summed E-state index contributed by atoms with van der Waals surface area (Å²) in [6.07, 6.45) is 3.94. The Bertz CT molecular complexity index is 336. The van der Waals surface area contributed by atoms with E-state index >= 15 is 0 Å². The summed E-state index contributed by atoms with van der Waals surface area (Å²) < 4.78 is 0. The van der Waals surface area contributed by atoms with E-state index in [2.05, 4.69) is 11.4 Å². The number of amides is 2. The van der Waals surface area contributed by atoms with E-state index in [4.69, 9.17) is 5.11 Å². The summed E-state index contributed by atoms with van der Waals surface area (Å²) in [6.45, 7) is 7.84. The number of hydrogen-bond acceptors (Lipinski definition) is 2. The van der Waals surface area contributed by atoms with Crippen LogP contribution in [0.15, 0.2) is 11.6 Å². The number of aliphatic carboxylic acids is 1. The summed E-state index contributed by atoms with van der Waals surface area (Å²) >= 11 is 0. The Hall–Kier alpha value is -1.52. The molecule has 2 N–H and O–H groups in total. The molecule has 0 radical (unpaired) electrons. The highest BCUT2D eigenvalue weighted by atomic mass is 16.4. The molecule has 110 valence electrons. The van der Waals surface area contributed by atoms with Crippen LogP contribution in [0.1, 0.15) is 40.5 Å². The molecule has 0 bridgehead atoms. The third-order valence-corrected chi connectivity index (χ3v) is 2.84. The molecule has 0 saturated carbocycles. The minimum Gasteiger partial charge on any atom is -0.481 e. The molecule has 0 aromatic rings. The number of rotatable bonds is 7. The normalized spacial score (nSPS) is 13.3. The Kier molecular flexibility index (Phi) is 7.87. The Morgan fingerprint density at radius 2 is 1.89 bits per heavy atom. The first-order valence-corrected chi connectivity index (χ1v) is 6.61. The lowest BCUT2D eigenvalue weighted by Crippen LogP contribution is -2.44. The van der Waals surface area contributed by atoms with E-state index in [1.807, 2.05) is 20.8 Å². The maximum Gasteiger partial charge on any atom is 0.317 e. The van der Waals surface area contributed by atoms with Crippen molar-refractivity contribution in [2.24, 2.45) is 5.92 Å².